The highest BCUT2D eigenvalue weighted by Crippen LogP contribution is 2.34. The summed E-state index contributed by atoms with van der Waals surface area (Å²) in [6.45, 7) is 0. The lowest BCUT2D eigenvalue weighted by Crippen LogP contribution is -1.93. The molecule has 2 heteroatoms. The van der Waals surface area contributed by atoms with Crippen LogP contribution in [0.15, 0.2) is 120 Å². The molecule has 0 atom stereocenters. The Hall–Kier alpha value is -4.30. The Morgan fingerprint density at radius 3 is 1.72 bits per heavy atom. The minimum atomic E-state index is 0.926. The molecule has 0 fully saturated rings. The summed E-state index contributed by atoms with van der Waals surface area (Å²) in [5, 5.41) is 4.88. The summed E-state index contributed by atoms with van der Waals surface area (Å²) in [7, 11) is 0. The van der Waals surface area contributed by atoms with Crippen molar-refractivity contribution >= 4 is 43.7 Å². The summed E-state index contributed by atoms with van der Waals surface area (Å²) in [6.07, 6.45) is 0. The van der Waals surface area contributed by atoms with Crippen molar-refractivity contribution in [3.8, 4) is 16.8 Å². The number of hydrogen-bond acceptors (Lipinski definition) is 1. The average molecular weight is 409 g/mol. The van der Waals surface area contributed by atoms with Gasteiger partial charge in [-0.25, -0.2) is 0 Å². The van der Waals surface area contributed by atoms with Gasteiger partial charge in [-0.1, -0.05) is 72.8 Å². The Labute approximate surface area is 184 Å². The summed E-state index contributed by atoms with van der Waals surface area (Å²) in [5.74, 6) is 0. The van der Waals surface area contributed by atoms with Crippen molar-refractivity contribution in [2.75, 3.05) is 0 Å². The Morgan fingerprint density at radius 1 is 0.438 bits per heavy atom. The van der Waals surface area contributed by atoms with Gasteiger partial charge in [0.05, 0.1) is 11.0 Å². The maximum Gasteiger partial charge on any atom is 0.136 e. The standard InChI is InChI=1S/C30H19NO/c1-4-10-27-23(7-1)24-8-2-5-11-28(24)31(27)22-16-13-20(14-17-22)21-15-18-26-25-9-3-6-12-29(25)32-30(26)19-21/h1-19H. The van der Waals surface area contributed by atoms with Gasteiger partial charge in [-0.2, -0.15) is 0 Å². The fourth-order valence-corrected chi connectivity index (χ4v) is 4.91. The first-order valence-corrected chi connectivity index (χ1v) is 10.9. The second kappa shape index (κ2) is 6.60. The quantitative estimate of drug-likeness (QED) is 0.280. The van der Waals surface area contributed by atoms with Crippen LogP contribution in [-0.4, -0.2) is 4.57 Å². The van der Waals surface area contributed by atoms with Gasteiger partial charge in [0.15, 0.2) is 0 Å². The third-order valence-corrected chi connectivity index (χ3v) is 6.42. The first-order valence-electron chi connectivity index (χ1n) is 10.9. The Bertz CT molecular complexity index is 1710. The second-order valence-corrected chi connectivity index (χ2v) is 8.23. The van der Waals surface area contributed by atoms with Gasteiger partial charge >= 0.3 is 0 Å². The van der Waals surface area contributed by atoms with Crippen molar-refractivity contribution in [1.82, 2.24) is 4.57 Å². The molecule has 0 spiro atoms. The Morgan fingerprint density at radius 2 is 1.00 bits per heavy atom. The molecule has 0 aliphatic heterocycles. The predicted octanol–water partition coefficient (Wildman–Crippen LogP) is 8.35. The molecule has 7 rings (SSSR count). The fourth-order valence-electron chi connectivity index (χ4n) is 4.91. The lowest BCUT2D eigenvalue weighted by Gasteiger charge is -2.09. The number of para-hydroxylation sites is 3. The molecule has 5 aromatic carbocycles. The van der Waals surface area contributed by atoms with E-state index in [0.717, 1.165) is 33.2 Å². The van der Waals surface area contributed by atoms with Gasteiger partial charge in [0, 0.05) is 27.2 Å². The van der Waals surface area contributed by atoms with Crippen LogP contribution < -0.4 is 0 Å². The van der Waals surface area contributed by atoms with Gasteiger partial charge in [0.1, 0.15) is 11.2 Å². The summed E-state index contributed by atoms with van der Waals surface area (Å²) in [4.78, 5) is 0. The zero-order valence-electron chi connectivity index (χ0n) is 17.3. The van der Waals surface area contributed by atoms with Crippen molar-refractivity contribution in [1.29, 1.82) is 0 Å². The number of rotatable bonds is 2. The third kappa shape index (κ3) is 2.47. The predicted molar refractivity (Wildman–Crippen MR) is 133 cm³/mol. The lowest BCUT2D eigenvalue weighted by molar-refractivity contribution is 0.669. The Balaban J connectivity index is 1.36. The molecule has 0 unspecified atom stereocenters. The topological polar surface area (TPSA) is 18.1 Å². The molecule has 0 bridgehead atoms. The van der Waals surface area contributed by atoms with Crippen molar-refractivity contribution in [3.05, 3.63) is 115 Å². The van der Waals surface area contributed by atoms with Crippen LogP contribution in [0.4, 0.5) is 0 Å². The minimum absolute atomic E-state index is 0.926. The highest BCUT2D eigenvalue weighted by atomic mass is 16.3. The average Bonchev–Trinajstić information content (AvgIpc) is 3.39. The van der Waals surface area contributed by atoms with Crippen LogP contribution in [0.2, 0.25) is 0 Å². The van der Waals surface area contributed by atoms with Crippen LogP contribution >= 0.6 is 0 Å². The highest BCUT2D eigenvalue weighted by molar-refractivity contribution is 6.09. The molecule has 0 radical (unpaired) electrons. The molecule has 2 nitrogen and oxygen atoms in total. The van der Waals surface area contributed by atoms with Crippen LogP contribution in [-0.2, 0) is 0 Å². The lowest BCUT2D eigenvalue weighted by atomic mass is 10.0. The van der Waals surface area contributed by atoms with E-state index in [1.54, 1.807) is 0 Å². The molecule has 0 saturated heterocycles. The van der Waals surface area contributed by atoms with Crippen LogP contribution in [0.5, 0.6) is 0 Å². The van der Waals surface area contributed by atoms with Gasteiger partial charge < -0.3 is 8.98 Å². The van der Waals surface area contributed by atoms with E-state index in [1.807, 2.05) is 12.1 Å². The van der Waals surface area contributed by atoms with E-state index in [2.05, 4.69) is 108 Å². The molecule has 0 aliphatic rings. The first-order chi connectivity index (χ1) is 15.9. The number of furan rings is 1. The number of aromatic nitrogens is 1. The maximum absolute atomic E-state index is 6.09. The van der Waals surface area contributed by atoms with Gasteiger partial charge in [0.2, 0.25) is 0 Å². The van der Waals surface area contributed by atoms with E-state index in [4.69, 9.17) is 4.42 Å². The zero-order valence-corrected chi connectivity index (χ0v) is 17.3. The largest absolute Gasteiger partial charge is 0.456 e. The molecule has 150 valence electrons. The third-order valence-electron chi connectivity index (χ3n) is 6.42. The van der Waals surface area contributed by atoms with Crippen molar-refractivity contribution in [2.24, 2.45) is 0 Å². The van der Waals surface area contributed by atoms with E-state index in [-0.39, 0.29) is 0 Å². The van der Waals surface area contributed by atoms with Crippen LogP contribution in [0, 0.1) is 0 Å². The molecule has 2 heterocycles. The van der Waals surface area contributed by atoms with Crippen LogP contribution in [0.1, 0.15) is 0 Å². The van der Waals surface area contributed by atoms with Crippen LogP contribution in [0.3, 0.4) is 0 Å². The van der Waals surface area contributed by atoms with Gasteiger partial charge in [-0.05, 0) is 53.6 Å². The van der Waals surface area contributed by atoms with Crippen molar-refractivity contribution in [3.63, 3.8) is 0 Å². The summed E-state index contributed by atoms with van der Waals surface area (Å²) in [5.41, 5.74) is 7.81. The molecule has 32 heavy (non-hydrogen) atoms. The molecule has 0 saturated carbocycles. The highest BCUT2D eigenvalue weighted by Gasteiger charge is 2.12. The van der Waals surface area contributed by atoms with Gasteiger partial charge in [-0.3, -0.25) is 0 Å². The van der Waals surface area contributed by atoms with E-state index in [0.29, 0.717) is 0 Å². The molecule has 7 aromatic rings. The Kier molecular flexibility index (Phi) is 3.58. The summed E-state index contributed by atoms with van der Waals surface area (Å²) in [6, 6.07) is 40.7. The first kappa shape index (κ1) is 17.4. The number of hydrogen-bond donors (Lipinski definition) is 0. The summed E-state index contributed by atoms with van der Waals surface area (Å²) < 4.78 is 8.43. The molecule has 0 N–H and O–H groups in total. The van der Waals surface area contributed by atoms with E-state index >= 15 is 0 Å². The zero-order chi connectivity index (χ0) is 21.1. The smallest absolute Gasteiger partial charge is 0.136 e. The molecule has 0 aliphatic carbocycles. The molecule has 2 aromatic heterocycles. The van der Waals surface area contributed by atoms with Crippen LogP contribution in [0.25, 0.3) is 60.6 Å². The number of benzene rings is 5. The number of fused-ring (bicyclic) bond motifs is 6. The second-order valence-electron chi connectivity index (χ2n) is 8.23. The van der Waals surface area contributed by atoms with E-state index in [1.165, 1.54) is 27.4 Å². The van der Waals surface area contributed by atoms with Gasteiger partial charge in [-0.15, -0.1) is 0 Å². The maximum atomic E-state index is 6.09. The fraction of sp³-hybridized carbons (Fsp3) is 0. The normalized spacial score (nSPS) is 11.8. The monoisotopic (exact) mass is 409 g/mol. The van der Waals surface area contributed by atoms with Gasteiger partial charge in [0.25, 0.3) is 0 Å². The number of nitrogens with zero attached hydrogens (tertiary/aromatic N) is 1. The summed E-state index contributed by atoms with van der Waals surface area (Å²) >= 11 is 0. The minimum Gasteiger partial charge on any atom is -0.456 e. The van der Waals surface area contributed by atoms with Crippen molar-refractivity contribution in [2.45, 2.75) is 0 Å². The molecule has 0 amide bonds. The molecular formula is C30H19NO. The van der Waals surface area contributed by atoms with E-state index in [9.17, 15) is 0 Å². The SMILES string of the molecule is c1ccc2c(c1)oc1cc(-c3ccc(-n4c5ccccc5c5ccccc54)cc3)ccc12. The van der Waals surface area contributed by atoms with Crippen molar-refractivity contribution < 1.29 is 4.42 Å². The molecular weight excluding hydrogens is 390 g/mol. The van der Waals surface area contributed by atoms with E-state index < -0.39 is 0 Å².